The largest absolute Gasteiger partial charge is 0.367 e. The van der Waals surface area contributed by atoms with E-state index in [0.29, 0.717) is 17.4 Å². The van der Waals surface area contributed by atoms with Crippen LogP contribution in [-0.4, -0.2) is 5.60 Å². The maximum absolute atomic E-state index is 6.52. The van der Waals surface area contributed by atoms with E-state index in [9.17, 15) is 0 Å². The van der Waals surface area contributed by atoms with E-state index in [2.05, 4.69) is 45.0 Å². The highest BCUT2D eigenvalue weighted by atomic mass is 16.5. The Hall–Kier alpha value is -0.820. The highest BCUT2D eigenvalue weighted by molar-refractivity contribution is 5.44. The van der Waals surface area contributed by atoms with E-state index in [1.807, 2.05) is 0 Å². The lowest BCUT2D eigenvalue weighted by Crippen LogP contribution is -2.50. The molecule has 1 aromatic carbocycles. The highest BCUT2D eigenvalue weighted by Gasteiger charge is 2.58. The van der Waals surface area contributed by atoms with Crippen LogP contribution in [0.1, 0.15) is 57.3 Å². The molecule has 4 rings (SSSR count). The molecule has 1 heterocycles. The zero-order chi connectivity index (χ0) is 12.5. The molecule has 0 N–H and O–H groups in total. The van der Waals surface area contributed by atoms with Crippen molar-refractivity contribution < 1.29 is 4.74 Å². The summed E-state index contributed by atoms with van der Waals surface area (Å²) in [7, 11) is 0. The van der Waals surface area contributed by atoms with E-state index in [1.165, 1.54) is 24.8 Å². The Morgan fingerprint density at radius 3 is 2.78 bits per heavy atom. The van der Waals surface area contributed by atoms with Crippen molar-refractivity contribution in [1.82, 2.24) is 0 Å². The monoisotopic (exact) mass is 242 g/mol. The van der Waals surface area contributed by atoms with Crippen LogP contribution in [0.2, 0.25) is 0 Å². The Labute approximate surface area is 110 Å². The molecule has 1 nitrogen and oxygen atoms in total. The Bertz CT molecular complexity index is 504. The molecule has 3 aliphatic rings. The van der Waals surface area contributed by atoms with Crippen molar-refractivity contribution in [3.63, 3.8) is 0 Å². The molecule has 1 saturated heterocycles. The zero-order valence-corrected chi connectivity index (χ0v) is 11.6. The summed E-state index contributed by atoms with van der Waals surface area (Å²) in [6, 6.07) is 8.99. The van der Waals surface area contributed by atoms with Gasteiger partial charge in [-0.05, 0) is 61.5 Å². The summed E-state index contributed by atoms with van der Waals surface area (Å²) in [5, 5.41) is 0. The fourth-order valence-electron chi connectivity index (χ4n) is 4.82. The summed E-state index contributed by atoms with van der Waals surface area (Å²) in [5.41, 5.74) is 3.46. The Morgan fingerprint density at radius 2 is 1.94 bits per heavy atom. The van der Waals surface area contributed by atoms with Crippen LogP contribution in [-0.2, 0) is 10.2 Å². The van der Waals surface area contributed by atoms with Crippen molar-refractivity contribution in [2.45, 2.75) is 57.2 Å². The van der Waals surface area contributed by atoms with E-state index < -0.39 is 0 Å². The zero-order valence-electron chi connectivity index (χ0n) is 11.6. The second-order valence-electron chi connectivity index (χ2n) is 7.22. The van der Waals surface area contributed by atoms with Gasteiger partial charge in [-0.25, -0.2) is 0 Å². The summed E-state index contributed by atoms with van der Waals surface area (Å²) in [5.74, 6) is 1.46. The first-order chi connectivity index (χ1) is 8.52. The van der Waals surface area contributed by atoms with Gasteiger partial charge in [-0.3, -0.25) is 0 Å². The first kappa shape index (κ1) is 11.0. The van der Waals surface area contributed by atoms with E-state index in [4.69, 9.17) is 4.74 Å². The van der Waals surface area contributed by atoms with E-state index >= 15 is 0 Å². The van der Waals surface area contributed by atoms with Crippen molar-refractivity contribution in [1.29, 1.82) is 0 Å². The molecule has 2 fully saturated rings. The molecule has 2 aliphatic carbocycles. The van der Waals surface area contributed by atoms with Crippen LogP contribution < -0.4 is 0 Å². The summed E-state index contributed by atoms with van der Waals surface area (Å²) < 4.78 is 6.52. The lowest BCUT2D eigenvalue weighted by atomic mass is 9.60. The third-order valence-corrected chi connectivity index (χ3v) is 6.03. The third kappa shape index (κ3) is 1.17. The second kappa shape index (κ2) is 3.19. The van der Waals surface area contributed by atoms with Gasteiger partial charge in [0.1, 0.15) is 0 Å². The normalized spacial score (nSPS) is 43.6. The van der Waals surface area contributed by atoms with E-state index in [0.717, 1.165) is 5.92 Å². The van der Waals surface area contributed by atoms with Gasteiger partial charge < -0.3 is 4.74 Å². The SMILES string of the molecule is CC1(C)O[C@@H]2c3ccccc3[C@]3(C)CC[C@H]1C[C@@H]23. The predicted molar refractivity (Wildman–Crippen MR) is 72.5 cm³/mol. The first-order valence-corrected chi connectivity index (χ1v) is 7.29. The van der Waals surface area contributed by atoms with Gasteiger partial charge in [0, 0.05) is 0 Å². The average molecular weight is 242 g/mol. The van der Waals surface area contributed by atoms with Crippen molar-refractivity contribution in [2.24, 2.45) is 11.8 Å². The smallest absolute Gasteiger partial charge is 0.0871 e. The molecule has 2 bridgehead atoms. The molecule has 96 valence electrons. The van der Waals surface area contributed by atoms with Crippen LogP contribution in [0.15, 0.2) is 24.3 Å². The lowest BCUT2D eigenvalue weighted by molar-refractivity contribution is -0.192. The van der Waals surface area contributed by atoms with Crippen molar-refractivity contribution >= 4 is 0 Å². The summed E-state index contributed by atoms with van der Waals surface area (Å²) >= 11 is 0. The molecule has 1 saturated carbocycles. The molecule has 0 aromatic heterocycles. The van der Waals surface area contributed by atoms with Gasteiger partial charge in [-0.2, -0.15) is 0 Å². The molecular weight excluding hydrogens is 220 g/mol. The Balaban J connectivity index is 1.91. The summed E-state index contributed by atoms with van der Waals surface area (Å²) in [6.45, 7) is 7.04. The number of benzene rings is 1. The summed E-state index contributed by atoms with van der Waals surface area (Å²) in [6.07, 6.45) is 4.35. The van der Waals surface area contributed by atoms with E-state index in [1.54, 1.807) is 5.56 Å². The van der Waals surface area contributed by atoms with Gasteiger partial charge >= 0.3 is 0 Å². The van der Waals surface area contributed by atoms with Gasteiger partial charge in [-0.1, -0.05) is 31.2 Å². The van der Waals surface area contributed by atoms with Crippen molar-refractivity contribution in [3.8, 4) is 0 Å². The van der Waals surface area contributed by atoms with Gasteiger partial charge in [-0.15, -0.1) is 0 Å². The number of ether oxygens (including phenoxy) is 1. The van der Waals surface area contributed by atoms with Crippen molar-refractivity contribution in [3.05, 3.63) is 35.4 Å². The van der Waals surface area contributed by atoms with E-state index in [-0.39, 0.29) is 5.60 Å². The van der Waals surface area contributed by atoms with Gasteiger partial charge in [0.15, 0.2) is 0 Å². The first-order valence-electron chi connectivity index (χ1n) is 7.29. The minimum Gasteiger partial charge on any atom is -0.367 e. The number of hydrogen-bond acceptors (Lipinski definition) is 1. The number of hydrogen-bond donors (Lipinski definition) is 0. The lowest BCUT2D eigenvalue weighted by Gasteiger charge is -2.52. The number of fused-ring (bicyclic) bond motifs is 4. The Kier molecular flexibility index (Phi) is 1.96. The second-order valence-corrected chi connectivity index (χ2v) is 7.22. The van der Waals surface area contributed by atoms with Crippen LogP contribution in [0.4, 0.5) is 0 Å². The molecule has 4 atom stereocenters. The highest BCUT2D eigenvalue weighted by Crippen LogP contribution is 2.63. The summed E-state index contributed by atoms with van der Waals surface area (Å²) in [4.78, 5) is 0. The minimum absolute atomic E-state index is 0.0555. The van der Waals surface area contributed by atoms with Crippen molar-refractivity contribution in [2.75, 3.05) is 0 Å². The fraction of sp³-hybridized carbons (Fsp3) is 0.647. The molecule has 18 heavy (non-hydrogen) atoms. The van der Waals surface area contributed by atoms with Crippen LogP contribution in [0.5, 0.6) is 0 Å². The average Bonchev–Trinajstić information content (AvgIpc) is 2.61. The predicted octanol–water partition coefficient (Wildman–Crippen LogP) is 4.22. The third-order valence-electron chi connectivity index (χ3n) is 6.03. The minimum atomic E-state index is 0.0555. The molecule has 1 aromatic rings. The molecule has 0 unspecified atom stereocenters. The van der Waals surface area contributed by atoms with Gasteiger partial charge in [0.2, 0.25) is 0 Å². The van der Waals surface area contributed by atoms with Crippen LogP contribution in [0.3, 0.4) is 0 Å². The maximum Gasteiger partial charge on any atom is 0.0871 e. The molecule has 0 amide bonds. The molecule has 0 radical (unpaired) electrons. The van der Waals surface area contributed by atoms with Crippen LogP contribution in [0.25, 0.3) is 0 Å². The molecule has 0 spiro atoms. The molecule has 1 heteroatoms. The van der Waals surface area contributed by atoms with Gasteiger partial charge in [0.05, 0.1) is 11.7 Å². The van der Waals surface area contributed by atoms with Gasteiger partial charge in [0.25, 0.3) is 0 Å². The fourth-order valence-corrected chi connectivity index (χ4v) is 4.82. The topological polar surface area (TPSA) is 9.23 Å². The van der Waals surface area contributed by atoms with Crippen LogP contribution >= 0.6 is 0 Å². The van der Waals surface area contributed by atoms with Crippen LogP contribution in [0, 0.1) is 11.8 Å². The number of rotatable bonds is 0. The Morgan fingerprint density at radius 1 is 1.17 bits per heavy atom. The standard InChI is InChI=1S/C17H22O/c1-16(2)11-8-9-17(3)13-7-5-4-6-12(13)15(18-16)14(17)10-11/h4-7,11,14-15H,8-10H2,1-3H3/t11-,14-,15+,17-/m0/s1. The molecule has 1 aliphatic heterocycles. The molecular formula is C17H22O. The maximum atomic E-state index is 6.52. The quantitative estimate of drug-likeness (QED) is 0.661.